The second-order valence-corrected chi connectivity index (χ2v) is 36.1. The number of likely N-dealkylation sites (N-methyl/N-ethyl adjacent to an activating group) is 5. The molecule has 0 saturated carbocycles. The van der Waals surface area contributed by atoms with Crippen molar-refractivity contribution >= 4 is 0 Å². The van der Waals surface area contributed by atoms with Crippen molar-refractivity contribution in [1.82, 2.24) is 52.3 Å². The molecule has 0 heterocycles. The summed E-state index contributed by atoms with van der Waals surface area (Å²) in [5, 5.41) is 34.3. The van der Waals surface area contributed by atoms with Crippen LogP contribution in [0.3, 0.4) is 0 Å². The number of ether oxygens (including phenoxy) is 19. The van der Waals surface area contributed by atoms with Crippen LogP contribution in [0.25, 0.3) is 0 Å². The van der Waals surface area contributed by atoms with Crippen LogP contribution < -0.4 is 54.0 Å². The molecule has 32 heteroatoms. The Kier molecular flexibility index (Phi) is 142. The fourth-order valence-corrected chi connectivity index (χ4v) is 8.61. The van der Waals surface area contributed by atoms with Gasteiger partial charge in [0, 0.05) is 173 Å². The van der Waals surface area contributed by atoms with Gasteiger partial charge in [-0.25, -0.2) is 0 Å². The Morgan fingerprint density at radius 1 is 0.315 bits per heavy atom. The van der Waals surface area contributed by atoms with E-state index in [1.54, 1.807) is 56.9 Å². The van der Waals surface area contributed by atoms with E-state index in [-0.39, 0.29) is 51.4 Å². The Hall–Kier alpha value is -1.28. The number of nitrogens with one attached hydrogen (secondary N) is 8. The largest absolute Gasteiger partial charge is 0.395 e. The lowest BCUT2D eigenvalue weighted by Crippen LogP contribution is -2.42. The first-order valence-electron chi connectivity index (χ1n) is 47.2. The molecule has 13 N–H and O–H groups in total. The fourth-order valence-electron chi connectivity index (χ4n) is 8.61. The summed E-state index contributed by atoms with van der Waals surface area (Å²) in [6.07, 6.45) is 6.86. The lowest BCUT2D eigenvalue weighted by atomic mass is 10.1. The van der Waals surface area contributed by atoms with Crippen LogP contribution in [0.5, 0.6) is 0 Å². The van der Waals surface area contributed by atoms with Crippen molar-refractivity contribution in [3.05, 3.63) is 0 Å². The van der Waals surface area contributed by atoms with Gasteiger partial charge in [0.05, 0.1) is 178 Å². The van der Waals surface area contributed by atoms with Crippen LogP contribution in [0.15, 0.2) is 0 Å². The quantitative estimate of drug-likeness (QED) is 0.0252. The minimum atomic E-state index is -0.172. The molecule has 0 aliphatic heterocycles. The number of aliphatic hydroxyl groups is 1. The van der Waals surface area contributed by atoms with E-state index < -0.39 is 0 Å². The third-order valence-electron chi connectivity index (χ3n) is 15.2. The van der Waals surface area contributed by atoms with Gasteiger partial charge in [-0.05, 0) is 239 Å². The zero-order valence-electron chi connectivity index (χ0n) is 91.1. The number of aliphatic hydroxyl groups excluding tert-OH is 1. The van der Waals surface area contributed by atoms with Crippen molar-refractivity contribution in [1.29, 1.82) is 0 Å². The lowest BCUT2D eigenvalue weighted by molar-refractivity contribution is 0.0141. The molecule has 0 aromatic carbocycles. The van der Waals surface area contributed by atoms with E-state index in [9.17, 15) is 0 Å². The number of unbranched alkanes of at least 4 members (excludes halogenated alkanes) is 1. The molecule has 0 bridgehead atoms. The van der Waals surface area contributed by atoms with Gasteiger partial charge in [-0.2, -0.15) is 0 Å². The normalized spacial score (nSPS) is 11.9. The molecule has 0 aromatic heterocycles. The minimum absolute atomic E-state index is 0.120. The Balaban J connectivity index is -0.000000116. The van der Waals surface area contributed by atoms with E-state index in [0.29, 0.717) is 125 Å². The molecule has 786 valence electrons. The third kappa shape index (κ3) is 201. The summed E-state index contributed by atoms with van der Waals surface area (Å²) in [6.45, 7) is 85.6. The second-order valence-electron chi connectivity index (χ2n) is 36.1. The van der Waals surface area contributed by atoms with Crippen LogP contribution in [0.2, 0.25) is 0 Å². The average Bonchev–Trinajstić information content (AvgIpc) is 0.955. The molecule has 0 saturated heterocycles. The maximum atomic E-state index is 8.42. The summed E-state index contributed by atoms with van der Waals surface area (Å²) < 4.78 is 97.6. The van der Waals surface area contributed by atoms with Gasteiger partial charge in [-0.3, -0.25) is 0 Å². The van der Waals surface area contributed by atoms with Crippen molar-refractivity contribution < 1.29 is 95.1 Å². The number of nitrogens with zero attached hydrogens (tertiary/aromatic N) is 2. The van der Waals surface area contributed by atoms with Gasteiger partial charge < -0.3 is 159 Å². The summed E-state index contributed by atoms with van der Waals surface area (Å²) in [5.41, 5.74) is 11.5. The summed E-state index contributed by atoms with van der Waals surface area (Å²) in [7, 11) is 23.5. The molecule has 0 aromatic rings. The number of hydrogen-bond donors (Lipinski definition) is 11. The monoisotopic (exact) mass is 1860 g/mol. The molecule has 0 radical (unpaired) electrons. The molecular weight excluding hydrogens is 1630 g/mol. The van der Waals surface area contributed by atoms with Crippen molar-refractivity contribution in [3.63, 3.8) is 0 Å². The van der Waals surface area contributed by atoms with Crippen molar-refractivity contribution in [3.8, 4) is 0 Å². The zero-order chi connectivity index (χ0) is 100. The summed E-state index contributed by atoms with van der Waals surface area (Å²) in [4.78, 5) is 4.38. The third-order valence-corrected chi connectivity index (χ3v) is 15.2. The van der Waals surface area contributed by atoms with Crippen molar-refractivity contribution in [2.45, 2.75) is 269 Å². The zero-order valence-corrected chi connectivity index (χ0v) is 91.1. The summed E-state index contributed by atoms with van der Waals surface area (Å²) in [6, 6.07) is 0.653. The minimum Gasteiger partial charge on any atom is -0.395 e. The first-order chi connectivity index (χ1) is 59.7. The van der Waals surface area contributed by atoms with Gasteiger partial charge in [-0.1, -0.05) is 41.0 Å². The molecule has 0 spiro atoms. The number of methoxy groups -OCH3 is 8. The molecule has 32 nitrogen and oxygen atoms in total. The average molecular weight is 1860 g/mol. The van der Waals surface area contributed by atoms with Crippen LogP contribution in [0.1, 0.15) is 219 Å². The Bertz CT molecular complexity index is 1850. The molecule has 0 amide bonds. The van der Waals surface area contributed by atoms with Gasteiger partial charge in [0.1, 0.15) is 0 Å². The molecule has 127 heavy (non-hydrogen) atoms. The van der Waals surface area contributed by atoms with Crippen LogP contribution in [-0.4, -0.2) is 428 Å². The van der Waals surface area contributed by atoms with Crippen molar-refractivity contribution in [2.75, 3.05) is 362 Å². The molecule has 0 aliphatic carbocycles. The maximum absolute atomic E-state index is 8.42. The highest BCUT2D eigenvalue weighted by molar-refractivity contribution is 4.76. The van der Waals surface area contributed by atoms with Crippen LogP contribution in [-0.2, 0) is 90.0 Å². The van der Waals surface area contributed by atoms with Crippen LogP contribution in [0.4, 0.5) is 0 Å². The van der Waals surface area contributed by atoms with Crippen molar-refractivity contribution in [2.24, 2.45) is 11.5 Å². The van der Waals surface area contributed by atoms with Gasteiger partial charge >= 0.3 is 0 Å². The van der Waals surface area contributed by atoms with Gasteiger partial charge in [0.2, 0.25) is 0 Å². The SMILES string of the molecule is CCCCOCCOCCOCCNC(C)(C)C.CCCN(C)CCO.CCCN(C)CCOC.CCCOCCOCCOCCNC(C)(C)C.CCNC(C)(C)COC.CCOCCOCCOCCNC(C)(C)C.CNC(C)(C)COC.CNC(C)COC.CNCCCOC.COCC(C)(C)N.COCC(C)N.COCCOCCOCCNC(C)(C)C. The molecular formula is C95H226N12O20. The highest BCUT2D eigenvalue weighted by atomic mass is 16.6. The summed E-state index contributed by atoms with van der Waals surface area (Å²) in [5.74, 6) is 0. The topological polar surface area (TPSA) is 350 Å². The number of hydrogen-bond acceptors (Lipinski definition) is 32. The van der Waals surface area contributed by atoms with E-state index in [1.165, 1.54) is 19.4 Å². The number of nitrogens with two attached hydrogens (primary N) is 2. The second kappa shape index (κ2) is 119. The molecule has 2 atom stereocenters. The van der Waals surface area contributed by atoms with Gasteiger partial charge in [-0.15, -0.1) is 0 Å². The fraction of sp³-hybridized carbons (Fsp3) is 1.00. The predicted molar refractivity (Wildman–Crippen MR) is 538 cm³/mol. The Morgan fingerprint density at radius 2 is 0.638 bits per heavy atom. The lowest BCUT2D eigenvalue weighted by Gasteiger charge is -2.24. The highest BCUT2D eigenvalue weighted by Gasteiger charge is 2.16. The predicted octanol–water partition coefficient (Wildman–Crippen LogP) is 10.3. The first kappa shape index (κ1) is 151. The smallest absolute Gasteiger partial charge is 0.0701 e. The molecule has 0 aliphatic rings. The van der Waals surface area contributed by atoms with E-state index in [4.69, 9.17) is 102 Å². The molecule has 0 rings (SSSR count). The first-order valence-corrected chi connectivity index (χ1v) is 47.2. The van der Waals surface area contributed by atoms with E-state index >= 15 is 0 Å². The standard InChI is InChI=1S/C14H31NO3.C13H29NO3.C12H27NO3.C11H25NO3.2C7H17NO.2C6H15NO.3C5H13NO.C4H11NO/c1-5-6-8-16-10-12-18-13-11-17-9-7-15-14(2,3)4;1-5-7-15-9-11-17-12-10-16-8-6-14-13(2,3)4;1-5-14-8-9-16-11-10-15-7-6-13-12(2,3)4;1-11(2,3)12-5-6-14-9-10-15-8-7-13-4;1-5-8-7(2,3)6-9-4;1-4-5-8(2)6-7-9-3;1-6(2,7-3)5-8-4;1-3-4-7(2)5-6-8;1-5(6-2)4-7-3;1-5(2,6)4-7-3;1-6-4-3-5-7-2;1-4(5)3-6-2/h15H,5-13H2,1-4H3;14H,5-12H2,1-4H3;13H,5-11H2,1-4H3;12H,5-10H2,1-4H3;8H,5-6H2,1-4H3;4-7H2,1-3H3;7H,5H2,1-4H3;8H,3-6H2,1-2H3;5-6H,4H2,1-3H3;4,6H2,1-3H3;6H,3-5H2,1-2H3;4H,3,5H2,1-2H3. The Labute approximate surface area is 787 Å². The summed E-state index contributed by atoms with van der Waals surface area (Å²) >= 11 is 0. The van der Waals surface area contributed by atoms with E-state index in [1.807, 2.05) is 55.9 Å². The molecule has 2 unspecified atom stereocenters. The van der Waals surface area contributed by atoms with Gasteiger partial charge in [0.15, 0.2) is 0 Å². The Morgan fingerprint density at radius 3 is 0.866 bits per heavy atom. The molecule has 0 fully saturated rings. The maximum Gasteiger partial charge on any atom is 0.0701 e. The van der Waals surface area contributed by atoms with Crippen LogP contribution in [0, 0.1) is 0 Å². The van der Waals surface area contributed by atoms with E-state index in [2.05, 4.69) is 216 Å². The van der Waals surface area contributed by atoms with Gasteiger partial charge in [0.25, 0.3) is 0 Å². The number of rotatable bonds is 69. The van der Waals surface area contributed by atoms with E-state index in [0.717, 1.165) is 164 Å². The highest BCUT2D eigenvalue weighted by Crippen LogP contribution is 2.03. The van der Waals surface area contributed by atoms with Crippen LogP contribution >= 0.6 is 0 Å².